The van der Waals surface area contributed by atoms with Crippen LogP contribution in [0.25, 0.3) is 0 Å². The number of hydrogen-bond acceptors (Lipinski definition) is 4. The Bertz CT molecular complexity index is 1420. The molecule has 0 aliphatic carbocycles. The Morgan fingerprint density at radius 1 is 1.16 bits per heavy atom. The van der Waals surface area contributed by atoms with Crippen molar-refractivity contribution >= 4 is 56.9 Å². The summed E-state index contributed by atoms with van der Waals surface area (Å²) in [6, 6.07) is 14.0. The van der Waals surface area contributed by atoms with E-state index in [4.69, 9.17) is 16.3 Å². The summed E-state index contributed by atoms with van der Waals surface area (Å²) >= 11 is 9.31. The van der Waals surface area contributed by atoms with Crippen molar-refractivity contribution in [1.82, 2.24) is 9.80 Å². The van der Waals surface area contributed by atoms with E-state index >= 15 is 0 Å². The molecule has 0 aromatic heterocycles. The van der Waals surface area contributed by atoms with Gasteiger partial charge in [0, 0.05) is 48.9 Å². The van der Waals surface area contributed by atoms with Crippen LogP contribution in [0, 0.1) is 12.7 Å². The van der Waals surface area contributed by atoms with Crippen LogP contribution in [0.15, 0.2) is 59.1 Å². The average Bonchev–Trinajstić information content (AvgIpc) is 3.25. The number of nitrogens with one attached hydrogen (secondary N) is 1. The van der Waals surface area contributed by atoms with Crippen LogP contribution in [-0.4, -0.2) is 47.9 Å². The number of nitrogens with zero attached hydrogens (tertiary/aromatic N) is 3. The van der Waals surface area contributed by atoms with E-state index in [1.807, 2.05) is 19.1 Å². The number of benzene rings is 3. The molecule has 1 fully saturated rings. The maximum absolute atomic E-state index is 13.5. The van der Waals surface area contributed by atoms with Crippen molar-refractivity contribution in [3.63, 3.8) is 0 Å². The predicted octanol–water partition coefficient (Wildman–Crippen LogP) is 6.79. The van der Waals surface area contributed by atoms with E-state index in [2.05, 4.69) is 21.2 Å². The van der Waals surface area contributed by atoms with Gasteiger partial charge in [0.15, 0.2) is 0 Å². The number of hydrogen-bond donors (Lipinski definition) is 1. The van der Waals surface area contributed by atoms with Crippen LogP contribution in [0.1, 0.15) is 18.1 Å². The van der Waals surface area contributed by atoms with E-state index in [1.165, 1.54) is 39.8 Å². The van der Waals surface area contributed by atoms with Gasteiger partial charge in [-0.2, -0.15) is 0 Å². The van der Waals surface area contributed by atoms with Crippen LogP contribution < -0.4 is 15.0 Å². The number of anilines is 2. The van der Waals surface area contributed by atoms with Gasteiger partial charge in [-0.15, -0.1) is 0 Å². The second-order valence-corrected chi connectivity index (χ2v) is 10.1. The lowest BCUT2D eigenvalue weighted by molar-refractivity contribution is -0.125. The summed E-state index contributed by atoms with van der Waals surface area (Å²) in [6.07, 6.45) is 0. The van der Waals surface area contributed by atoms with Gasteiger partial charge in [0.1, 0.15) is 17.3 Å². The van der Waals surface area contributed by atoms with E-state index in [9.17, 15) is 18.8 Å². The van der Waals surface area contributed by atoms with Gasteiger partial charge >= 0.3 is 12.1 Å². The first kappa shape index (κ1) is 27.4. The maximum atomic E-state index is 13.5. The minimum Gasteiger partial charge on any atom is -0.457 e. The Labute approximate surface area is 233 Å². The molecule has 38 heavy (non-hydrogen) atoms. The first-order valence-electron chi connectivity index (χ1n) is 11.7. The van der Waals surface area contributed by atoms with Crippen molar-refractivity contribution < 1.29 is 23.5 Å². The Kier molecular flexibility index (Phi) is 8.23. The lowest BCUT2D eigenvalue weighted by Crippen LogP contribution is -2.35. The second kappa shape index (κ2) is 11.4. The standard InChI is InChI=1S/C27H25BrClFN4O4/c1-16-23(5-4-6-24(16)34-12-11-33(17(2)35)27(34)37)31-26(36)32(3)15-18-7-8-19(28)13-25(18)38-20-9-10-22(30)21(29)14-20/h4-10,13-14H,11-12,15H2,1-3H3,(H,31,36). The van der Waals surface area contributed by atoms with Crippen LogP contribution >= 0.6 is 27.5 Å². The van der Waals surface area contributed by atoms with Crippen molar-refractivity contribution in [2.75, 3.05) is 30.4 Å². The third-order valence-electron chi connectivity index (χ3n) is 6.13. The summed E-state index contributed by atoms with van der Waals surface area (Å²) in [6.45, 7) is 4.07. The summed E-state index contributed by atoms with van der Waals surface area (Å²) < 4.78 is 20.3. The first-order chi connectivity index (χ1) is 18.0. The maximum Gasteiger partial charge on any atom is 0.331 e. The molecule has 1 saturated heterocycles. The topological polar surface area (TPSA) is 82.2 Å². The lowest BCUT2D eigenvalue weighted by Gasteiger charge is -2.23. The number of imide groups is 1. The van der Waals surface area contributed by atoms with Gasteiger partial charge in [0.25, 0.3) is 0 Å². The molecular formula is C27H25BrClFN4O4. The molecule has 0 saturated carbocycles. The fraction of sp³-hybridized carbons (Fsp3) is 0.222. The Morgan fingerprint density at radius 3 is 2.61 bits per heavy atom. The molecule has 1 N–H and O–H groups in total. The van der Waals surface area contributed by atoms with Crippen molar-refractivity contribution in [2.45, 2.75) is 20.4 Å². The monoisotopic (exact) mass is 602 g/mol. The molecule has 1 aliphatic heterocycles. The molecule has 11 heteroatoms. The molecular weight excluding hydrogens is 579 g/mol. The molecule has 4 rings (SSSR count). The zero-order valence-corrected chi connectivity index (χ0v) is 23.3. The number of carbonyl (C=O) groups excluding carboxylic acids is 3. The highest BCUT2D eigenvalue weighted by Crippen LogP contribution is 2.32. The molecule has 0 spiro atoms. The molecule has 0 atom stereocenters. The highest BCUT2D eigenvalue weighted by atomic mass is 79.9. The largest absolute Gasteiger partial charge is 0.457 e. The van der Waals surface area contributed by atoms with Crippen LogP contribution in [0.3, 0.4) is 0 Å². The minimum atomic E-state index is -0.547. The summed E-state index contributed by atoms with van der Waals surface area (Å²) in [5.41, 5.74) is 2.58. The van der Waals surface area contributed by atoms with Gasteiger partial charge in [-0.05, 0) is 48.9 Å². The van der Waals surface area contributed by atoms with Crippen LogP contribution in [0.5, 0.6) is 11.5 Å². The number of rotatable bonds is 6. The van der Waals surface area contributed by atoms with Gasteiger partial charge in [0.05, 0.1) is 17.3 Å². The Hall–Kier alpha value is -3.63. The fourth-order valence-electron chi connectivity index (χ4n) is 4.06. The first-order valence-corrected chi connectivity index (χ1v) is 12.8. The molecule has 3 aromatic rings. The number of urea groups is 2. The van der Waals surface area contributed by atoms with Gasteiger partial charge in [-0.1, -0.05) is 39.7 Å². The predicted molar refractivity (Wildman–Crippen MR) is 147 cm³/mol. The summed E-state index contributed by atoms with van der Waals surface area (Å²) in [7, 11) is 1.64. The second-order valence-electron chi connectivity index (χ2n) is 8.77. The highest BCUT2D eigenvalue weighted by molar-refractivity contribution is 9.10. The highest BCUT2D eigenvalue weighted by Gasteiger charge is 2.33. The molecule has 1 heterocycles. The lowest BCUT2D eigenvalue weighted by atomic mass is 10.1. The van der Waals surface area contributed by atoms with E-state index in [0.29, 0.717) is 47.1 Å². The van der Waals surface area contributed by atoms with Crippen molar-refractivity contribution in [3.8, 4) is 11.5 Å². The van der Waals surface area contributed by atoms with Crippen LogP contribution in [0.4, 0.5) is 25.4 Å². The summed E-state index contributed by atoms with van der Waals surface area (Å²) in [5.74, 6) is -0.0212. The average molecular weight is 604 g/mol. The van der Waals surface area contributed by atoms with Crippen molar-refractivity contribution in [1.29, 1.82) is 0 Å². The zero-order chi connectivity index (χ0) is 27.6. The number of carbonyl (C=O) groups is 3. The molecule has 0 bridgehead atoms. The minimum absolute atomic E-state index is 0.0576. The van der Waals surface area contributed by atoms with E-state index in [1.54, 1.807) is 31.3 Å². The fourth-order valence-corrected chi connectivity index (χ4v) is 4.57. The number of amides is 5. The summed E-state index contributed by atoms with van der Waals surface area (Å²) in [5, 5.41) is 2.84. The molecule has 8 nitrogen and oxygen atoms in total. The van der Waals surface area contributed by atoms with Gasteiger partial charge in [-0.25, -0.2) is 14.0 Å². The van der Waals surface area contributed by atoms with Crippen LogP contribution in [0.2, 0.25) is 5.02 Å². The third-order valence-corrected chi connectivity index (χ3v) is 6.91. The number of halogens is 3. The smallest absolute Gasteiger partial charge is 0.331 e. The van der Waals surface area contributed by atoms with Gasteiger partial charge in [0.2, 0.25) is 5.91 Å². The molecule has 0 radical (unpaired) electrons. The Morgan fingerprint density at radius 2 is 1.92 bits per heavy atom. The van der Waals surface area contributed by atoms with Gasteiger partial charge < -0.3 is 15.0 Å². The normalized spacial score (nSPS) is 13.1. The van der Waals surface area contributed by atoms with Crippen LogP contribution in [-0.2, 0) is 11.3 Å². The number of ether oxygens (including phenoxy) is 1. The molecule has 1 aliphatic rings. The molecule has 3 aromatic carbocycles. The van der Waals surface area contributed by atoms with E-state index in [-0.39, 0.29) is 29.5 Å². The van der Waals surface area contributed by atoms with E-state index in [0.717, 1.165) is 4.47 Å². The van der Waals surface area contributed by atoms with Crippen molar-refractivity contribution in [2.24, 2.45) is 0 Å². The quantitative estimate of drug-likeness (QED) is 0.336. The SMILES string of the molecule is CC(=O)N1CCN(c2cccc(NC(=O)N(C)Cc3ccc(Br)cc3Oc3ccc(F)c(Cl)c3)c2C)C1=O. The third kappa shape index (κ3) is 5.92. The Balaban J connectivity index is 1.49. The molecule has 5 amide bonds. The molecule has 198 valence electrons. The van der Waals surface area contributed by atoms with Gasteiger partial charge in [-0.3, -0.25) is 14.6 Å². The van der Waals surface area contributed by atoms with E-state index < -0.39 is 5.82 Å². The summed E-state index contributed by atoms with van der Waals surface area (Å²) in [4.78, 5) is 41.7. The van der Waals surface area contributed by atoms with Crippen molar-refractivity contribution in [3.05, 3.63) is 81.0 Å². The molecule has 0 unspecified atom stereocenters. The zero-order valence-electron chi connectivity index (χ0n) is 20.9.